The maximum Gasteiger partial charge on any atom is 0.124 e. The second-order valence-electron chi connectivity index (χ2n) is 5.19. The van der Waals surface area contributed by atoms with Crippen LogP contribution in [0.4, 0.5) is 0 Å². The molecule has 0 aromatic carbocycles. The topological polar surface area (TPSA) is 17.1 Å². The molecule has 0 amide bonds. The molecule has 106 valence electrons. The number of hydrogen-bond acceptors (Lipinski definition) is 2. The minimum absolute atomic E-state index is 0.479. The zero-order valence-electron chi connectivity index (χ0n) is 12.1. The molecule has 0 rings (SSSR count). The number of unbranched alkanes of at least 4 members (excludes halogenated alkanes) is 10. The van der Waals surface area contributed by atoms with Crippen LogP contribution in [-0.4, -0.2) is 11.2 Å². The number of carbonyl (C=O) groups is 1. The van der Waals surface area contributed by atoms with E-state index in [0.717, 1.165) is 17.6 Å². The minimum Gasteiger partial charge on any atom is -0.303 e. The normalized spacial score (nSPS) is 10.5. The van der Waals surface area contributed by atoms with Crippen molar-refractivity contribution in [2.24, 2.45) is 0 Å². The van der Waals surface area contributed by atoms with Gasteiger partial charge < -0.3 is 4.79 Å². The summed E-state index contributed by atoms with van der Waals surface area (Å²) in [5.74, 6) is 0. The van der Waals surface area contributed by atoms with E-state index in [1.165, 1.54) is 70.6 Å². The van der Waals surface area contributed by atoms with Gasteiger partial charge >= 0.3 is 0 Å². The Morgan fingerprint density at radius 1 is 0.833 bits per heavy atom. The average molecular weight is 270 g/mol. The summed E-state index contributed by atoms with van der Waals surface area (Å²) in [7, 11) is 0. The van der Waals surface area contributed by atoms with Gasteiger partial charge in [-0.05, 0) is 17.7 Å². The maximum absolute atomic E-state index is 10.2. The fourth-order valence-electron chi connectivity index (χ4n) is 2.18. The summed E-state index contributed by atoms with van der Waals surface area (Å²) in [5, 5.41) is 0. The molecule has 1 nitrogen and oxygen atoms in total. The highest BCUT2D eigenvalue weighted by Gasteiger charge is 1.96. The molecule has 2 heteroatoms. The summed E-state index contributed by atoms with van der Waals surface area (Å²) in [6, 6.07) is 0. The van der Waals surface area contributed by atoms with Crippen LogP contribution in [0.5, 0.6) is 0 Å². The standard InChI is InChI=1S/C16H30OS/c1-2-3-4-5-6-7-8-9-10-11-12-13-16(18)14-15-17/h15H,2-14H2,1H3. The molecule has 0 aromatic rings. The fourth-order valence-corrected chi connectivity index (χ4v) is 2.39. The smallest absolute Gasteiger partial charge is 0.124 e. The number of hydrogen-bond donors (Lipinski definition) is 0. The van der Waals surface area contributed by atoms with Crippen LogP contribution < -0.4 is 0 Å². The van der Waals surface area contributed by atoms with Gasteiger partial charge in [0.1, 0.15) is 6.29 Å². The quantitative estimate of drug-likeness (QED) is 0.230. The van der Waals surface area contributed by atoms with Crippen LogP contribution in [0.1, 0.15) is 90.4 Å². The highest BCUT2D eigenvalue weighted by Crippen LogP contribution is 2.12. The molecule has 0 bridgehead atoms. The molecule has 0 aliphatic heterocycles. The fraction of sp³-hybridized carbons (Fsp3) is 0.875. The lowest BCUT2D eigenvalue weighted by molar-refractivity contribution is -0.106. The van der Waals surface area contributed by atoms with E-state index in [4.69, 9.17) is 12.2 Å². The van der Waals surface area contributed by atoms with Crippen molar-refractivity contribution in [3.05, 3.63) is 0 Å². The van der Waals surface area contributed by atoms with Crippen LogP contribution in [0.3, 0.4) is 0 Å². The predicted octanol–water partition coefficient (Wildman–Crippen LogP) is 5.65. The molecule has 0 heterocycles. The average Bonchev–Trinajstić information content (AvgIpc) is 2.36. The van der Waals surface area contributed by atoms with Gasteiger partial charge in [-0.3, -0.25) is 0 Å². The minimum atomic E-state index is 0.479. The second kappa shape index (κ2) is 14.8. The third kappa shape index (κ3) is 13.8. The molecule has 0 aliphatic rings. The van der Waals surface area contributed by atoms with Crippen molar-refractivity contribution in [3.63, 3.8) is 0 Å². The molecule has 0 aliphatic carbocycles. The van der Waals surface area contributed by atoms with Crippen molar-refractivity contribution in [1.29, 1.82) is 0 Å². The van der Waals surface area contributed by atoms with E-state index >= 15 is 0 Å². The van der Waals surface area contributed by atoms with Crippen molar-refractivity contribution in [2.45, 2.75) is 90.4 Å². The van der Waals surface area contributed by atoms with E-state index < -0.39 is 0 Å². The number of aldehydes is 1. The third-order valence-electron chi connectivity index (χ3n) is 3.37. The van der Waals surface area contributed by atoms with Crippen molar-refractivity contribution in [2.75, 3.05) is 0 Å². The molecule has 0 unspecified atom stereocenters. The highest BCUT2D eigenvalue weighted by atomic mass is 32.1. The van der Waals surface area contributed by atoms with Crippen molar-refractivity contribution in [3.8, 4) is 0 Å². The Balaban J connectivity index is 3.03. The molecular weight excluding hydrogens is 240 g/mol. The summed E-state index contributed by atoms with van der Waals surface area (Å²) in [6.07, 6.45) is 17.3. The molecule has 18 heavy (non-hydrogen) atoms. The first-order valence-electron chi connectivity index (χ1n) is 7.76. The summed E-state index contributed by atoms with van der Waals surface area (Å²) in [5.41, 5.74) is 0. The van der Waals surface area contributed by atoms with Gasteiger partial charge in [0, 0.05) is 6.42 Å². The Bertz CT molecular complexity index is 201. The monoisotopic (exact) mass is 270 g/mol. The molecule has 0 spiro atoms. The highest BCUT2D eigenvalue weighted by molar-refractivity contribution is 7.80. The first-order valence-corrected chi connectivity index (χ1v) is 8.17. The largest absolute Gasteiger partial charge is 0.303 e. The van der Waals surface area contributed by atoms with Gasteiger partial charge in [-0.25, -0.2) is 0 Å². The second-order valence-corrected chi connectivity index (χ2v) is 5.77. The van der Waals surface area contributed by atoms with E-state index in [1.54, 1.807) is 0 Å². The Morgan fingerprint density at radius 3 is 1.72 bits per heavy atom. The van der Waals surface area contributed by atoms with E-state index in [1.807, 2.05) is 0 Å². The molecule has 0 saturated heterocycles. The molecule has 0 atom stereocenters. The van der Waals surface area contributed by atoms with Crippen LogP contribution in [0, 0.1) is 0 Å². The molecule has 0 radical (unpaired) electrons. The third-order valence-corrected chi connectivity index (χ3v) is 3.74. The number of carbonyl (C=O) groups excluding carboxylic acids is 1. The van der Waals surface area contributed by atoms with E-state index in [-0.39, 0.29) is 0 Å². The van der Waals surface area contributed by atoms with Gasteiger partial charge in [0.2, 0.25) is 0 Å². The first kappa shape index (κ1) is 17.8. The van der Waals surface area contributed by atoms with Gasteiger partial charge in [0.25, 0.3) is 0 Å². The Morgan fingerprint density at radius 2 is 1.28 bits per heavy atom. The van der Waals surface area contributed by atoms with Crippen LogP contribution in [0.15, 0.2) is 0 Å². The van der Waals surface area contributed by atoms with Gasteiger partial charge in [-0.15, -0.1) is 0 Å². The Labute approximate surface area is 119 Å². The lowest BCUT2D eigenvalue weighted by Gasteiger charge is -2.02. The van der Waals surface area contributed by atoms with E-state index in [2.05, 4.69) is 6.92 Å². The summed E-state index contributed by atoms with van der Waals surface area (Å²) in [6.45, 7) is 2.26. The van der Waals surface area contributed by atoms with Crippen LogP contribution in [0.2, 0.25) is 0 Å². The van der Waals surface area contributed by atoms with E-state index in [0.29, 0.717) is 6.42 Å². The SMILES string of the molecule is CCCCCCCCCCCCCC(=S)CC=O. The van der Waals surface area contributed by atoms with Crippen LogP contribution in [0.25, 0.3) is 0 Å². The molecular formula is C16H30OS. The number of thiocarbonyl (C=S) groups is 1. The van der Waals surface area contributed by atoms with Crippen LogP contribution >= 0.6 is 12.2 Å². The van der Waals surface area contributed by atoms with Crippen molar-refractivity contribution >= 4 is 23.4 Å². The molecule has 0 fully saturated rings. The molecule has 0 aromatic heterocycles. The van der Waals surface area contributed by atoms with Crippen molar-refractivity contribution < 1.29 is 4.79 Å². The zero-order valence-corrected chi connectivity index (χ0v) is 12.9. The summed E-state index contributed by atoms with van der Waals surface area (Å²) >= 11 is 5.09. The van der Waals surface area contributed by atoms with Gasteiger partial charge in [0.05, 0.1) is 0 Å². The van der Waals surface area contributed by atoms with Crippen molar-refractivity contribution in [1.82, 2.24) is 0 Å². The Hall–Kier alpha value is -0.240. The Kier molecular flexibility index (Phi) is 14.6. The van der Waals surface area contributed by atoms with E-state index in [9.17, 15) is 4.79 Å². The summed E-state index contributed by atoms with van der Waals surface area (Å²) < 4.78 is 0. The van der Waals surface area contributed by atoms with Gasteiger partial charge in [-0.1, -0.05) is 83.3 Å². The van der Waals surface area contributed by atoms with Crippen LogP contribution in [-0.2, 0) is 4.79 Å². The lowest BCUT2D eigenvalue weighted by atomic mass is 10.0. The zero-order chi connectivity index (χ0) is 13.5. The first-order chi connectivity index (χ1) is 8.81. The number of rotatable bonds is 14. The lowest BCUT2D eigenvalue weighted by Crippen LogP contribution is -1.94. The molecule has 0 saturated carbocycles. The molecule has 0 N–H and O–H groups in total. The van der Waals surface area contributed by atoms with Gasteiger partial charge in [0.15, 0.2) is 0 Å². The maximum atomic E-state index is 10.2. The summed E-state index contributed by atoms with van der Waals surface area (Å²) in [4.78, 5) is 11.2. The van der Waals surface area contributed by atoms with Gasteiger partial charge in [-0.2, -0.15) is 0 Å². The predicted molar refractivity (Wildman–Crippen MR) is 84.4 cm³/mol.